The second kappa shape index (κ2) is 5.28. The molecule has 114 valence electrons. The van der Waals surface area contributed by atoms with Crippen molar-refractivity contribution in [2.45, 2.75) is 17.6 Å². The molecule has 0 spiro atoms. The molecule has 4 nitrogen and oxygen atoms in total. The van der Waals surface area contributed by atoms with Gasteiger partial charge in [-0.05, 0) is 24.6 Å². The van der Waals surface area contributed by atoms with Gasteiger partial charge in [0.2, 0.25) is 0 Å². The van der Waals surface area contributed by atoms with Crippen LogP contribution in [0.15, 0.2) is 53.4 Å². The fourth-order valence-electron chi connectivity index (χ4n) is 2.95. The van der Waals surface area contributed by atoms with Crippen LogP contribution in [0.25, 0.3) is 16.9 Å². The Labute approximate surface area is 137 Å². The molecule has 0 radical (unpaired) electrons. The molecule has 0 saturated heterocycles. The molecule has 0 unspecified atom stereocenters. The molecule has 5 heteroatoms. The summed E-state index contributed by atoms with van der Waals surface area (Å²) < 4.78 is 1.78. The molecule has 0 atom stereocenters. The van der Waals surface area contributed by atoms with E-state index >= 15 is 0 Å². The van der Waals surface area contributed by atoms with Crippen LogP contribution in [0.5, 0.6) is 0 Å². The highest BCUT2D eigenvalue weighted by Gasteiger charge is 2.29. The molecule has 1 aliphatic heterocycles. The van der Waals surface area contributed by atoms with Crippen LogP contribution in [0.4, 0.5) is 0 Å². The molecular weight excluding hydrogens is 308 g/mol. The zero-order chi connectivity index (χ0) is 16.0. The van der Waals surface area contributed by atoms with E-state index in [2.05, 4.69) is 11.2 Å². The zero-order valence-electron chi connectivity index (χ0n) is 12.5. The number of nitrogens with zero attached hydrogens (tertiary/aromatic N) is 2. The van der Waals surface area contributed by atoms with E-state index in [1.807, 2.05) is 49.4 Å². The van der Waals surface area contributed by atoms with Gasteiger partial charge in [-0.1, -0.05) is 36.4 Å². The standard InChI is InChI=1S/C18H14N2O2S/c1-11-6-2-4-8-14(11)20-17-12-7-3-5-9-15(12)23-10-13(17)16(19-20)18(21)22/h2-9H,10H2,1H3,(H,21,22). The van der Waals surface area contributed by atoms with Crippen LogP contribution in [0.2, 0.25) is 0 Å². The fourth-order valence-corrected chi connectivity index (χ4v) is 4.02. The Morgan fingerprint density at radius 2 is 1.91 bits per heavy atom. The number of thioether (sulfide) groups is 1. The molecular formula is C18H14N2O2S. The van der Waals surface area contributed by atoms with Gasteiger partial charge >= 0.3 is 5.97 Å². The van der Waals surface area contributed by atoms with E-state index in [9.17, 15) is 9.90 Å². The summed E-state index contributed by atoms with van der Waals surface area (Å²) >= 11 is 1.66. The number of aryl methyl sites for hydroxylation is 1. The number of carbonyl (C=O) groups is 1. The van der Waals surface area contributed by atoms with E-state index in [0.717, 1.165) is 33.0 Å². The van der Waals surface area contributed by atoms with Crippen LogP contribution in [-0.4, -0.2) is 20.9 Å². The lowest BCUT2D eigenvalue weighted by Crippen LogP contribution is -2.04. The molecule has 4 rings (SSSR count). The number of benzene rings is 2. The van der Waals surface area contributed by atoms with Crippen LogP contribution >= 0.6 is 11.8 Å². The summed E-state index contributed by atoms with van der Waals surface area (Å²) in [7, 11) is 0. The number of aromatic carboxylic acids is 1. The van der Waals surface area contributed by atoms with Gasteiger partial charge in [-0.2, -0.15) is 5.10 Å². The van der Waals surface area contributed by atoms with Crippen LogP contribution in [-0.2, 0) is 5.75 Å². The number of carboxylic acid groups (broad SMARTS) is 1. The number of aromatic nitrogens is 2. The molecule has 0 fully saturated rings. The van der Waals surface area contributed by atoms with E-state index in [1.54, 1.807) is 16.4 Å². The van der Waals surface area contributed by atoms with E-state index in [-0.39, 0.29) is 5.69 Å². The van der Waals surface area contributed by atoms with Gasteiger partial charge in [-0.15, -0.1) is 11.8 Å². The molecule has 0 bridgehead atoms. The summed E-state index contributed by atoms with van der Waals surface area (Å²) in [4.78, 5) is 12.8. The molecule has 1 aliphatic rings. The first-order valence-corrected chi connectivity index (χ1v) is 8.29. The highest BCUT2D eigenvalue weighted by molar-refractivity contribution is 7.98. The van der Waals surface area contributed by atoms with Crippen LogP contribution < -0.4 is 0 Å². The first-order chi connectivity index (χ1) is 11.2. The van der Waals surface area contributed by atoms with Crippen LogP contribution in [0, 0.1) is 6.92 Å². The first-order valence-electron chi connectivity index (χ1n) is 7.30. The summed E-state index contributed by atoms with van der Waals surface area (Å²) in [5.74, 6) is -0.353. The van der Waals surface area contributed by atoms with Crippen LogP contribution in [0.3, 0.4) is 0 Å². The minimum Gasteiger partial charge on any atom is -0.476 e. The van der Waals surface area contributed by atoms with Gasteiger partial charge < -0.3 is 5.11 Å². The molecule has 0 aliphatic carbocycles. The third-order valence-corrected chi connectivity index (χ3v) is 5.14. The van der Waals surface area contributed by atoms with E-state index < -0.39 is 5.97 Å². The van der Waals surface area contributed by atoms with Crippen molar-refractivity contribution in [3.63, 3.8) is 0 Å². The molecule has 1 aromatic heterocycles. The summed E-state index contributed by atoms with van der Waals surface area (Å²) in [6, 6.07) is 16.0. The number of para-hydroxylation sites is 1. The predicted molar refractivity (Wildman–Crippen MR) is 90.3 cm³/mol. The Kier molecular flexibility index (Phi) is 3.23. The average molecular weight is 322 g/mol. The molecule has 0 saturated carbocycles. The summed E-state index contributed by atoms with van der Waals surface area (Å²) in [5, 5.41) is 14.0. The third kappa shape index (κ3) is 2.16. The smallest absolute Gasteiger partial charge is 0.356 e. The van der Waals surface area contributed by atoms with Gasteiger partial charge in [0.05, 0.1) is 11.4 Å². The van der Waals surface area contributed by atoms with Crippen molar-refractivity contribution in [3.05, 3.63) is 65.4 Å². The zero-order valence-corrected chi connectivity index (χ0v) is 13.3. The predicted octanol–water partition coefficient (Wildman–Crippen LogP) is 4.15. The third-order valence-electron chi connectivity index (χ3n) is 4.04. The SMILES string of the molecule is Cc1ccccc1-n1nc(C(=O)O)c2c1-c1ccccc1SC2. The van der Waals surface area contributed by atoms with Crippen molar-refractivity contribution in [1.29, 1.82) is 0 Å². The largest absolute Gasteiger partial charge is 0.476 e. The molecule has 23 heavy (non-hydrogen) atoms. The van der Waals surface area contributed by atoms with Crippen molar-refractivity contribution in [1.82, 2.24) is 9.78 Å². The Bertz CT molecular complexity index is 931. The van der Waals surface area contributed by atoms with Gasteiger partial charge in [0.15, 0.2) is 5.69 Å². The lowest BCUT2D eigenvalue weighted by Gasteiger charge is -2.18. The van der Waals surface area contributed by atoms with Crippen LogP contribution in [0.1, 0.15) is 21.6 Å². The number of carboxylic acids is 1. The Hall–Kier alpha value is -2.53. The van der Waals surface area contributed by atoms with Gasteiger partial charge in [-0.3, -0.25) is 0 Å². The van der Waals surface area contributed by atoms with E-state index in [1.165, 1.54) is 0 Å². The first kappa shape index (κ1) is 14.1. The van der Waals surface area contributed by atoms with E-state index in [0.29, 0.717) is 5.75 Å². The highest BCUT2D eigenvalue weighted by atomic mass is 32.2. The van der Waals surface area contributed by atoms with Crippen molar-refractivity contribution in [2.75, 3.05) is 0 Å². The monoisotopic (exact) mass is 322 g/mol. The maximum absolute atomic E-state index is 11.6. The lowest BCUT2D eigenvalue weighted by molar-refractivity contribution is 0.0689. The number of rotatable bonds is 2. The maximum atomic E-state index is 11.6. The Morgan fingerprint density at radius 1 is 1.17 bits per heavy atom. The van der Waals surface area contributed by atoms with E-state index in [4.69, 9.17) is 0 Å². The number of hydrogen-bond acceptors (Lipinski definition) is 3. The minimum absolute atomic E-state index is 0.144. The van der Waals surface area contributed by atoms with Crippen molar-refractivity contribution in [2.24, 2.45) is 0 Å². The summed E-state index contributed by atoms with van der Waals surface area (Å²) in [6.45, 7) is 2.01. The lowest BCUT2D eigenvalue weighted by atomic mass is 10.1. The fraction of sp³-hybridized carbons (Fsp3) is 0.111. The Balaban J connectivity index is 2.06. The number of fused-ring (bicyclic) bond motifs is 3. The second-order valence-corrected chi connectivity index (χ2v) is 6.48. The molecule has 1 N–H and O–H groups in total. The topological polar surface area (TPSA) is 55.1 Å². The van der Waals surface area contributed by atoms with Gasteiger partial charge in [0, 0.05) is 21.8 Å². The van der Waals surface area contributed by atoms with Crippen molar-refractivity contribution < 1.29 is 9.90 Å². The second-order valence-electron chi connectivity index (χ2n) is 5.46. The average Bonchev–Trinajstić information content (AvgIpc) is 2.95. The van der Waals surface area contributed by atoms with Gasteiger partial charge in [0.1, 0.15) is 0 Å². The van der Waals surface area contributed by atoms with Crippen molar-refractivity contribution >= 4 is 17.7 Å². The molecule has 2 heterocycles. The highest BCUT2D eigenvalue weighted by Crippen LogP contribution is 2.43. The normalized spacial score (nSPS) is 12.6. The Morgan fingerprint density at radius 3 is 2.70 bits per heavy atom. The minimum atomic E-state index is -0.978. The van der Waals surface area contributed by atoms with Gasteiger partial charge in [-0.25, -0.2) is 9.48 Å². The quantitative estimate of drug-likeness (QED) is 0.770. The number of hydrogen-bond donors (Lipinski definition) is 1. The molecule has 3 aromatic rings. The maximum Gasteiger partial charge on any atom is 0.356 e. The summed E-state index contributed by atoms with van der Waals surface area (Å²) in [6.07, 6.45) is 0. The van der Waals surface area contributed by atoms with Crippen molar-refractivity contribution in [3.8, 4) is 16.9 Å². The molecule has 0 amide bonds. The molecule has 2 aromatic carbocycles. The van der Waals surface area contributed by atoms with Gasteiger partial charge in [0.25, 0.3) is 0 Å². The summed E-state index contributed by atoms with van der Waals surface area (Å²) in [5.41, 5.74) is 4.85.